The zero-order valence-corrected chi connectivity index (χ0v) is 17.0. The van der Waals surface area contributed by atoms with Crippen molar-refractivity contribution in [2.75, 3.05) is 4.90 Å². The molecule has 5 rings (SSSR count). The summed E-state index contributed by atoms with van der Waals surface area (Å²) in [7, 11) is 2.12. The van der Waals surface area contributed by atoms with Crippen molar-refractivity contribution in [3.63, 3.8) is 0 Å². The number of benzene rings is 5. The molecule has 0 aromatic heterocycles. The van der Waals surface area contributed by atoms with Gasteiger partial charge in [-0.15, -0.1) is 0 Å². The number of para-hydroxylation sites is 1. The van der Waals surface area contributed by atoms with Crippen molar-refractivity contribution in [1.82, 2.24) is 0 Å². The van der Waals surface area contributed by atoms with E-state index in [9.17, 15) is 0 Å². The van der Waals surface area contributed by atoms with Gasteiger partial charge < -0.3 is 4.90 Å². The van der Waals surface area contributed by atoms with Crippen LogP contribution in [-0.4, -0.2) is 7.85 Å². The van der Waals surface area contributed by atoms with Gasteiger partial charge in [0.15, 0.2) is 0 Å². The summed E-state index contributed by atoms with van der Waals surface area (Å²) in [5.74, 6) is 0. The van der Waals surface area contributed by atoms with Crippen molar-refractivity contribution >= 4 is 41.1 Å². The second kappa shape index (κ2) is 7.92. The second-order valence-corrected chi connectivity index (χ2v) is 7.62. The number of anilines is 3. The van der Waals surface area contributed by atoms with Crippen LogP contribution in [0.1, 0.15) is 0 Å². The monoisotopic (exact) mass is 383 g/mol. The van der Waals surface area contributed by atoms with Gasteiger partial charge in [-0.2, -0.15) is 0 Å². The lowest BCUT2D eigenvalue weighted by molar-refractivity contribution is 1.29. The summed E-state index contributed by atoms with van der Waals surface area (Å²) in [6.45, 7) is 0. The van der Waals surface area contributed by atoms with E-state index < -0.39 is 0 Å². The minimum Gasteiger partial charge on any atom is -0.311 e. The molecule has 2 heteroatoms. The molecule has 0 atom stereocenters. The molecule has 0 unspecified atom stereocenters. The van der Waals surface area contributed by atoms with Gasteiger partial charge in [-0.05, 0) is 64.4 Å². The van der Waals surface area contributed by atoms with Gasteiger partial charge in [-0.3, -0.25) is 0 Å². The zero-order chi connectivity index (χ0) is 20.3. The van der Waals surface area contributed by atoms with E-state index in [4.69, 9.17) is 0 Å². The van der Waals surface area contributed by atoms with E-state index in [1.54, 1.807) is 0 Å². The molecule has 0 amide bonds. The van der Waals surface area contributed by atoms with Crippen LogP contribution < -0.4 is 10.4 Å². The van der Waals surface area contributed by atoms with Crippen molar-refractivity contribution < 1.29 is 0 Å². The summed E-state index contributed by atoms with van der Waals surface area (Å²) >= 11 is 0. The average Bonchev–Trinajstić information content (AvgIpc) is 2.81. The first kappa shape index (κ1) is 18.3. The van der Waals surface area contributed by atoms with Gasteiger partial charge in [0, 0.05) is 17.1 Å². The van der Waals surface area contributed by atoms with Crippen LogP contribution in [0.4, 0.5) is 17.1 Å². The van der Waals surface area contributed by atoms with E-state index in [1.165, 1.54) is 27.4 Å². The maximum Gasteiger partial charge on any atom is 0.139 e. The molecule has 0 aliphatic heterocycles. The number of rotatable bonds is 4. The van der Waals surface area contributed by atoms with Crippen LogP contribution in [0.15, 0.2) is 121 Å². The Labute approximate surface area is 178 Å². The maximum atomic E-state index is 2.30. The molecule has 0 N–H and O–H groups in total. The Kier molecular flexibility index (Phi) is 4.82. The predicted octanol–water partition coefficient (Wildman–Crippen LogP) is 6.24. The molecule has 30 heavy (non-hydrogen) atoms. The summed E-state index contributed by atoms with van der Waals surface area (Å²) in [5, 5.41) is 2.54. The molecule has 0 spiro atoms. The lowest BCUT2D eigenvalue weighted by Crippen LogP contribution is -2.11. The molecule has 0 fully saturated rings. The fourth-order valence-corrected chi connectivity index (χ4v) is 3.89. The minimum atomic E-state index is 1.15. The summed E-state index contributed by atoms with van der Waals surface area (Å²) < 4.78 is 0. The first-order chi connectivity index (χ1) is 14.8. The van der Waals surface area contributed by atoms with E-state index in [0.29, 0.717) is 0 Å². The Hall–Kier alpha value is -3.78. The highest BCUT2D eigenvalue weighted by molar-refractivity contribution is 6.32. The fourth-order valence-electron chi connectivity index (χ4n) is 3.89. The Morgan fingerprint density at radius 1 is 0.433 bits per heavy atom. The standard InChI is InChI=1S/C28H22BN/c29-25-14-18-28(19-15-25)30(26-8-2-1-3-9-26)27-16-12-22(13-17-27)24-11-10-21-6-4-5-7-23(21)20-24/h1-20H,29H2. The zero-order valence-electron chi connectivity index (χ0n) is 17.0. The number of hydrogen-bond donors (Lipinski definition) is 0. The smallest absolute Gasteiger partial charge is 0.139 e. The van der Waals surface area contributed by atoms with Gasteiger partial charge in [-0.1, -0.05) is 84.3 Å². The van der Waals surface area contributed by atoms with E-state index in [1.807, 2.05) is 0 Å². The Morgan fingerprint density at radius 2 is 0.967 bits per heavy atom. The maximum absolute atomic E-state index is 2.30. The van der Waals surface area contributed by atoms with Crippen LogP contribution in [0.3, 0.4) is 0 Å². The molecule has 0 heterocycles. The first-order valence-corrected chi connectivity index (χ1v) is 10.3. The number of hydrogen-bond acceptors (Lipinski definition) is 1. The fraction of sp³-hybridized carbons (Fsp3) is 0. The highest BCUT2D eigenvalue weighted by Gasteiger charge is 2.12. The molecule has 0 saturated carbocycles. The topological polar surface area (TPSA) is 3.24 Å². The van der Waals surface area contributed by atoms with E-state index >= 15 is 0 Å². The van der Waals surface area contributed by atoms with Gasteiger partial charge in [0.2, 0.25) is 0 Å². The van der Waals surface area contributed by atoms with Crippen molar-refractivity contribution in [1.29, 1.82) is 0 Å². The normalized spacial score (nSPS) is 10.8. The molecule has 0 aliphatic rings. The summed E-state index contributed by atoms with van der Waals surface area (Å²) in [4.78, 5) is 2.30. The van der Waals surface area contributed by atoms with Crippen molar-refractivity contribution in [2.24, 2.45) is 0 Å². The van der Waals surface area contributed by atoms with Crippen LogP contribution in [0, 0.1) is 0 Å². The molecule has 0 saturated heterocycles. The van der Waals surface area contributed by atoms with Crippen LogP contribution in [0.5, 0.6) is 0 Å². The van der Waals surface area contributed by atoms with Crippen LogP contribution in [-0.2, 0) is 0 Å². The Bertz CT molecular complexity index is 1280. The van der Waals surface area contributed by atoms with Gasteiger partial charge in [0.05, 0.1) is 0 Å². The predicted molar refractivity (Wildman–Crippen MR) is 132 cm³/mol. The highest BCUT2D eigenvalue weighted by atomic mass is 15.1. The molecule has 0 aliphatic carbocycles. The second-order valence-electron chi connectivity index (χ2n) is 7.62. The molecular formula is C28H22BN. The molecule has 0 bridgehead atoms. The Balaban J connectivity index is 1.54. The number of nitrogens with zero attached hydrogens (tertiary/aromatic N) is 1. The molecule has 5 aromatic rings. The summed E-state index contributed by atoms with van der Waals surface area (Å²) in [6, 6.07) is 43.2. The van der Waals surface area contributed by atoms with Gasteiger partial charge in [-0.25, -0.2) is 0 Å². The molecule has 142 valence electrons. The van der Waals surface area contributed by atoms with E-state index in [0.717, 1.165) is 17.1 Å². The summed E-state index contributed by atoms with van der Waals surface area (Å²) in [6.07, 6.45) is 0. The van der Waals surface area contributed by atoms with Crippen LogP contribution in [0.25, 0.3) is 21.9 Å². The Morgan fingerprint density at radius 3 is 1.67 bits per heavy atom. The lowest BCUT2D eigenvalue weighted by Gasteiger charge is -2.25. The van der Waals surface area contributed by atoms with Crippen LogP contribution in [0.2, 0.25) is 0 Å². The minimum absolute atomic E-state index is 1.15. The van der Waals surface area contributed by atoms with E-state index in [-0.39, 0.29) is 0 Å². The van der Waals surface area contributed by atoms with Crippen molar-refractivity contribution in [2.45, 2.75) is 0 Å². The third-order valence-corrected chi connectivity index (χ3v) is 5.51. The van der Waals surface area contributed by atoms with Crippen molar-refractivity contribution in [3.05, 3.63) is 121 Å². The molecule has 0 radical (unpaired) electrons. The average molecular weight is 383 g/mol. The lowest BCUT2D eigenvalue weighted by atomic mass is 9.96. The van der Waals surface area contributed by atoms with Gasteiger partial charge in [0.25, 0.3) is 0 Å². The first-order valence-electron chi connectivity index (χ1n) is 10.3. The molecular weight excluding hydrogens is 361 g/mol. The van der Waals surface area contributed by atoms with Crippen molar-refractivity contribution in [3.8, 4) is 11.1 Å². The SMILES string of the molecule is Bc1ccc(N(c2ccccc2)c2ccc(-c3ccc4ccccc4c3)cc2)cc1. The molecule has 1 nitrogen and oxygen atoms in total. The third-order valence-electron chi connectivity index (χ3n) is 5.51. The molecule has 5 aromatic carbocycles. The number of fused-ring (bicyclic) bond motifs is 1. The largest absolute Gasteiger partial charge is 0.311 e. The van der Waals surface area contributed by atoms with E-state index in [2.05, 4.69) is 134 Å². The third kappa shape index (κ3) is 3.60. The van der Waals surface area contributed by atoms with Crippen LogP contribution >= 0.6 is 0 Å². The quantitative estimate of drug-likeness (QED) is 0.332. The van der Waals surface area contributed by atoms with Gasteiger partial charge in [0.1, 0.15) is 7.85 Å². The highest BCUT2D eigenvalue weighted by Crippen LogP contribution is 2.35. The van der Waals surface area contributed by atoms with Gasteiger partial charge >= 0.3 is 0 Å². The summed E-state index contributed by atoms with van der Waals surface area (Å²) in [5.41, 5.74) is 7.18.